The van der Waals surface area contributed by atoms with Gasteiger partial charge >= 0.3 is 0 Å². The van der Waals surface area contributed by atoms with Crippen molar-refractivity contribution in [2.45, 2.75) is 30.4 Å². The molecule has 3 rings (SSSR count). The van der Waals surface area contributed by atoms with Gasteiger partial charge in [0, 0.05) is 21.5 Å². The first kappa shape index (κ1) is 20.0. The highest BCUT2D eigenvalue weighted by atomic mass is 32.2. The topological polar surface area (TPSA) is 78.9 Å². The second-order valence-corrected chi connectivity index (χ2v) is 8.56. The largest absolute Gasteiger partial charge is 0.399 e. The lowest BCUT2D eigenvalue weighted by Gasteiger charge is -2.14. The third-order valence-corrected chi connectivity index (χ3v) is 6.56. The highest BCUT2D eigenvalue weighted by Crippen LogP contribution is 2.36. The molecule has 1 aromatic heterocycles. The average molecular weight is 408 g/mol. The number of anilines is 2. The molecule has 0 aliphatic carbocycles. The van der Waals surface area contributed by atoms with Crippen LogP contribution in [0.5, 0.6) is 0 Å². The molecule has 0 aliphatic heterocycles. The Morgan fingerprint density at radius 3 is 2.68 bits per heavy atom. The number of carbonyl (C=O) groups is 1. The van der Waals surface area contributed by atoms with Gasteiger partial charge in [-0.15, -0.1) is 23.1 Å². The van der Waals surface area contributed by atoms with Gasteiger partial charge in [0.05, 0.1) is 10.8 Å². The van der Waals surface area contributed by atoms with Gasteiger partial charge < -0.3 is 11.1 Å². The lowest BCUT2D eigenvalue weighted by atomic mass is 10.0. The van der Waals surface area contributed by atoms with E-state index in [9.17, 15) is 10.1 Å². The van der Waals surface area contributed by atoms with Gasteiger partial charge in [0.2, 0.25) is 5.91 Å². The number of thioether (sulfide) groups is 1. The molecule has 0 radical (unpaired) electrons. The fourth-order valence-corrected chi connectivity index (χ4v) is 4.72. The van der Waals surface area contributed by atoms with Crippen LogP contribution < -0.4 is 11.1 Å². The predicted molar refractivity (Wildman–Crippen MR) is 119 cm³/mol. The Morgan fingerprint density at radius 2 is 2.04 bits per heavy atom. The monoisotopic (exact) mass is 407 g/mol. The van der Waals surface area contributed by atoms with E-state index in [-0.39, 0.29) is 11.2 Å². The van der Waals surface area contributed by atoms with Gasteiger partial charge in [-0.2, -0.15) is 5.26 Å². The number of nitrogens with one attached hydrogen (secondary N) is 1. The van der Waals surface area contributed by atoms with Gasteiger partial charge in [-0.25, -0.2) is 0 Å². The van der Waals surface area contributed by atoms with Gasteiger partial charge in [-0.05, 0) is 37.1 Å². The third kappa shape index (κ3) is 4.56. The number of thiophene rings is 1. The maximum Gasteiger partial charge on any atom is 0.238 e. The van der Waals surface area contributed by atoms with Gasteiger partial charge in [0.25, 0.3) is 0 Å². The van der Waals surface area contributed by atoms with Crippen molar-refractivity contribution in [1.82, 2.24) is 0 Å². The number of nitrogen functional groups attached to an aromatic ring is 1. The summed E-state index contributed by atoms with van der Waals surface area (Å²) in [6.07, 6.45) is 0.670. The number of nitrogens with zero attached hydrogens (tertiary/aromatic N) is 1. The maximum atomic E-state index is 12.8. The molecule has 1 heterocycles. The summed E-state index contributed by atoms with van der Waals surface area (Å²) in [5.41, 5.74) is 9.99. The zero-order chi connectivity index (χ0) is 20.1. The predicted octanol–water partition coefficient (Wildman–Crippen LogP) is 5.69. The van der Waals surface area contributed by atoms with Crippen molar-refractivity contribution in [2.75, 3.05) is 11.1 Å². The third-order valence-electron chi connectivity index (χ3n) is 4.30. The Kier molecular flexibility index (Phi) is 6.40. The van der Waals surface area contributed by atoms with Crippen LogP contribution in [0.1, 0.15) is 24.5 Å². The molecule has 0 bridgehead atoms. The van der Waals surface area contributed by atoms with Crippen LogP contribution in [-0.4, -0.2) is 11.2 Å². The molecule has 1 unspecified atom stereocenters. The van der Waals surface area contributed by atoms with Crippen LogP contribution >= 0.6 is 23.1 Å². The first-order valence-corrected chi connectivity index (χ1v) is 10.7. The molecule has 2 aromatic carbocycles. The first-order valence-electron chi connectivity index (χ1n) is 8.93. The second-order valence-electron chi connectivity index (χ2n) is 6.41. The molecule has 0 aliphatic rings. The average Bonchev–Trinajstić information content (AvgIpc) is 3.09. The SMILES string of the molecule is CCC(Sc1cccc(N)c1)C(=O)Nc1scc(-c2ccc(C)cc2)c1C#N. The number of carbonyl (C=O) groups excluding carboxylic acids is 1. The minimum atomic E-state index is -0.265. The van der Waals surface area contributed by atoms with Gasteiger partial charge in [0.1, 0.15) is 11.1 Å². The Morgan fingerprint density at radius 1 is 1.29 bits per heavy atom. The molecule has 0 saturated heterocycles. The Balaban J connectivity index is 1.79. The van der Waals surface area contributed by atoms with Crippen molar-refractivity contribution < 1.29 is 4.79 Å². The number of benzene rings is 2. The van der Waals surface area contributed by atoms with E-state index < -0.39 is 0 Å². The van der Waals surface area contributed by atoms with Gasteiger partial charge in [-0.3, -0.25) is 4.79 Å². The number of aryl methyl sites for hydroxylation is 1. The standard InChI is InChI=1S/C22H21N3OS2/c1-3-20(28-17-6-4-5-16(24)11-17)21(26)25-22-18(12-23)19(13-27-22)15-9-7-14(2)8-10-15/h4-11,13,20H,3,24H2,1-2H3,(H,25,26). The maximum absolute atomic E-state index is 12.8. The quantitative estimate of drug-likeness (QED) is 0.406. The van der Waals surface area contributed by atoms with E-state index in [2.05, 4.69) is 11.4 Å². The van der Waals surface area contributed by atoms with Crippen LogP contribution in [0.15, 0.2) is 58.8 Å². The molecule has 4 nitrogen and oxygen atoms in total. The fraction of sp³-hybridized carbons (Fsp3) is 0.182. The van der Waals surface area contributed by atoms with E-state index in [4.69, 9.17) is 5.73 Å². The number of rotatable bonds is 6. The Hall–Kier alpha value is -2.75. The summed E-state index contributed by atoms with van der Waals surface area (Å²) >= 11 is 2.86. The van der Waals surface area contributed by atoms with Crippen LogP contribution in [0.4, 0.5) is 10.7 Å². The second kappa shape index (κ2) is 8.96. The van der Waals surface area contributed by atoms with E-state index in [1.807, 2.05) is 67.8 Å². The summed E-state index contributed by atoms with van der Waals surface area (Å²) in [6.45, 7) is 4.00. The minimum absolute atomic E-state index is 0.108. The molecule has 0 fully saturated rings. The molecule has 0 saturated carbocycles. The van der Waals surface area contributed by atoms with Crippen LogP contribution in [0.25, 0.3) is 11.1 Å². The van der Waals surface area contributed by atoms with Gasteiger partial charge in [-0.1, -0.05) is 42.8 Å². The number of hydrogen-bond acceptors (Lipinski definition) is 5. The van der Waals surface area contributed by atoms with Crippen molar-refractivity contribution in [3.05, 3.63) is 65.0 Å². The molecule has 0 spiro atoms. The van der Waals surface area contributed by atoms with Crippen LogP contribution in [-0.2, 0) is 4.79 Å². The van der Waals surface area contributed by atoms with E-state index >= 15 is 0 Å². The van der Waals surface area contributed by atoms with Crippen molar-refractivity contribution in [1.29, 1.82) is 5.26 Å². The number of nitrogens with two attached hydrogens (primary N) is 1. The molecule has 3 aromatic rings. The van der Waals surface area contributed by atoms with E-state index in [1.165, 1.54) is 23.1 Å². The molecular weight excluding hydrogens is 386 g/mol. The number of hydrogen-bond donors (Lipinski definition) is 2. The normalized spacial score (nSPS) is 11.6. The number of nitriles is 1. The lowest BCUT2D eigenvalue weighted by Crippen LogP contribution is -2.24. The van der Waals surface area contributed by atoms with Crippen LogP contribution in [0.3, 0.4) is 0 Å². The highest BCUT2D eigenvalue weighted by Gasteiger charge is 2.21. The first-order chi connectivity index (χ1) is 13.5. The van der Waals surface area contributed by atoms with Crippen molar-refractivity contribution in [2.24, 2.45) is 0 Å². The minimum Gasteiger partial charge on any atom is -0.399 e. The van der Waals surface area contributed by atoms with E-state index in [0.717, 1.165) is 21.6 Å². The summed E-state index contributed by atoms with van der Waals surface area (Å²) < 4.78 is 0. The lowest BCUT2D eigenvalue weighted by molar-refractivity contribution is -0.115. The van der Waals surface area contributed by atoms with E-state index in [0.29, 0.717) is 22.7 Å². The molecule has 6 heteroatoms. The highest BCUT2D eigenvalue weighted by molar-refractivity contribution is 8.00. The summed E-state index contributed by atoms with van der Waals surface area (Å²) in [5, 5.41) is 14.9. The van der Waals surface area contributed by atoms with Gasteiger partial charge in [0.15, 0.2) is 0 Å². The molecular formula is C22H21N3OS2. The summed E-state index contributed by atoms with van der Waals surface area (Å²) in [4.78, 5) is 13.8. The molecule has 1 atom stereocenters. The smallest absolute Gasteiger partial charge is 0.238 e. The van der Waals surface area contributed by atoms with Crippen LogP contribution in [0.2, 0.25) is 0 Å². The number of amides is 1. The summed E-state index contributed by atoms with van der Waals surface area (Å²) in [7, 11) is 0. The summed E-state index contributed by atoms with van der Waals surface area (Å²) in [5.74, 6) is -0.108. The Bertz CT molecular complexity index is 1020. The zero-order valence-corrected chi connectivity index (χ0v) is 17.4. The van der Waals surface area contributed by atoms with Crippen molar-refractivity contribution in [3.63, 3.8) is 0 Å². The van der Waals surface area contributed by atoms with Crippen LogP contribution in [0, 0.1) is 18.3 Å². The molecule has 3 N–H and O–H groups in total. The van der Waals surface area contributed by atoms with E-state index in [1.54, 1.807) is 0 Å². The molecule has 1 amide bonds. The Labute approximate surface area is 173 Å². The molecule has 28 heavy (non-hydrogen) atoms. The van der Waals surface area contributed by atoms with Crippen molar-refractivity contribution >= 4 is 39.7 Å². The van der Waals surface area contributed by atoms with Crippen molar-refractivity contribution in [3.8, 4) is 17.2 Å². The summed E-state index contributed by atoms with van der Waals surface area (Å²) in [6, 6.07) is 17.8. The fourth-order valence-electron chi connectivity index (χ4n) is 2.77. The molecule has 142 valence electrons. The zero-order valence-electron chi connectivity index (χ0n) is 15.7.